The Kier molecular flexibility index (Phi) is 4.38. The van der Waals surface area contributed by atoms with Gasteiger partial charge in [0.1, 0.15) is 11.6 Å². The van der Waals surface area contributed by atoms with Crippen molar-refractivity contribution in [2.75, 3.05) is 0 Å². The first-order chi connectivity index (χ1) is 8.50. The molecule has 3 unspecified atom stereocenters. The Hall–Kier alpha value is -0.480. The van der Waals surface area contributed by atoms with E-state index in [4.69, 9.17) is 5.73 Å². The number of nitrogens with two attached hydrogens (primary N) is 1. The van der Waals surface area contributed by atoms with E-state index in [1.54, 1.807) is 0 Å². The fraction of sp³-hybridized carbons (Fsp3) is 0.571. The molecule has 0 amide bonds. The Bertz CT molecular complexity index is 436. The third kappa shape index (κ3) is 2.75. The van der Waals surface area contributed by atoms with Crippen LogP contribution in [0.25, 0.3) is 0 Å². The van der Waals surface area contributed by atoms with Crippen LogP contribution in [0.5, 0.6) is 0 Å². The van der Waals surface area contributed by atoms with Gasteiger partial charge in [0.2, 0.25) is 0 Å². The Labute approximate surface area is 115 Å². The van der Waals surface area contributed by atoms with Crippen molar-refractivity contribution in [3.63, 3.8) is 0 Å². The largest absolute Gasteiger partial charge is 0.327 e. The average molecular weight is 318 g/mol. The molecule has 1 aliphatic rings. The summed E-state index contributed by atoms with van der Waals surface area (Å²) in [6.45, 7) is 2.17. The lowest BCUT2D eigenvalue weighted by atomic mass is 9.87. The molecule has 1 aliphatic carbocycles. The number of hydrogen-bond acceptors (Lipinski definition) is 1. The van der Waals surface area contributed by atoms with Gasteiger partial charge in [0.05, 0.1) is 4.47 Å². The second-order valence-corrected chi connectivity index (χ2v) is 6.12. The first-order valence-corrected chi connectivity index (χ1v) is 7.18. The average Bonchev–Trinajstić information content (AvgIpc) is 2.76. The van der Waals surface area contributed by atoms with E-state index in [2.05, 4.69) is 22.9 Å². The Morgan fingerprint density at radius 1 is 1.39 bits per heavy atom. The summed E-state index contributed by atoms with van der Waals surface area (Å²) in [5, 5.41) is 0. The Morgan fingerprint density at radius 3 is 2.72 bits per heavy atom. The molecule has 0 radical (unpaired) electrons. The van der Waals surface area contributed by atoms with Crippen LogP contribution < -0.4 is 5.73 Å². The second-order valence-electron chi connectivity index (χ2n) is 5.26. The van der Waals surface area contributed by atoms with Gasteiger partial charge in [-0.15, -0.1) is 0 Å². The van der Waals surface area contributed by atoms with Crippen molar-refractivity contribution in [2.24, 2.45) is 17.6 Å². The predicted octanol–water partition coefficient (Wildman–Crippen LogP) is 4.03. The summed E-state index contributed by atoms with van der Waals surface area (Å²) in [7, 11) is 0. The van der Waals surface area contributed by atoms with Crippen molar-refractivity contribution in [2.45, 2.75) is 38.6 Å². The van der Waals surface area contributed by atoms with Crippen LogP contribution in [0.3, 0.4) is 0 Å². The van der Waals surface area contributed by atoms with E-state index in [0.29, 0.717) is 16.3 Å². The molecule has 0 aromatic heterocycles. The molecular weight excluding hydrogens is 300 g/mol. The van der Waals surface area contributed by atoms with Gasteiger partial charge in [-0.3, -0.25) is 0 Å². The van der Waals surface area contributed by atoms with E-state index in [-0.39, 0.29) is 18.0 Å². The summed E-state index contributed by atoms with van der Waals surface area (Å²) in [6, 6.07) is 2.51. The maximum Gasteiger partial charge on any atom is 0.143 e. The SMILES string of the molecule is CC1CCCC1C(N)Cc1c(F)ccc(Br)c1F. The van der Waals surface area contributed by atoms with Gasteiger partial charge < -0.3 is 5.73 Å². The molecule has 0 spiro atoms. The van der Waals surface area contributed by atoms with Crippen LogP contribution in [0.4, 0.5) is 8.78 Å². The van der Waals surface area contributed by atoms with Crippen LogP contribution >= 0.6 is 15.9 Å². The van der Waals surface area contributed by atoms with E-state index in [1.165, 1.54) is 25.0 Å². The zero-order valence-corrected chi connectivity index (χ0v) is 12.0. The lowest BCUT2D eigenvalue weighted by Crippen LogP contribution is -2.34. The Balaban J connectivity index is 2.16. The summed E-state index contributed by atoms with van der Waals surface area (Å²) in [5.74, 6) is -0.0889. The van der Waals surface area contributed by atoms with Gasteiger partial charge in [-0.25, -0.2) is 8.78 Å². The van der Waals surface area contributed by atoms with Gasteiger partial charge in [0, 0.05) is 11.6 Å². The third-order valence-corrected chi connectivity index (χ3v) is 4.67. The highest BCUT2D eigenvalue weighted by Gasteiger charge is 2.30. The molecule has 1 fully saturated rings. The van der Waals surface area contributed by atoms with Crippen molar-refractivity contribution in [1.29, 1.82) is 0 Å². The molecule has 2 N–H and O–H groups in total. The lowest BCUT2D eigenvalue weighted by molar-refractivity contribution is 0.338. The molecule has 1 aromatic carbocycles. The fourth-order valence-electron chi connectivity index (χ4n) is 2.95. The summed E-state index contributed by atoms with van der Waals surface area (Å²) in [4.78, 5) is 0. The van der Waals surface area contributed by atoms with Crippen LogP contribution in [0.1, 0.15) is 31.7 Å². The van der Waals surface area contributed by atoms with E-state index >= 15 is 0 Å². The molecule has 3 atom stereocenters. The van der Waals surface area contributed by atoms with Crippen molar-refractivity contribution in [1.82, 2.24) is 0 Å². The van der Waals surface area contributed by atoms with Gasteiger partial charge in [0.25, 0.3) is 0 Å². The minimum Gasteiger partial charge on any atom is -0.327 e. The molecular formula is C14H18BrF2N. The molecule has 0 bridgehead atoms. The van der Waals surface area contributed by atoms with E-state index in [9.17, 15) is 8.78 Å². The third-order valence-electron chi connectivity index (χ3n) is 4.06. The van der Waals surface area contributed by atoms with Crippen molar-refractivity contribution in [3.05, 3.63) is 33.8 Å². The van der Waals surface area contributed by atoms with E-state index in [0.717, 1.165) is 6.42 Å². The van der Waals surface area contributed by atoms with Crippen molar-refractivity contribution >= 4 is 15.9 Å². The van der Waals surface area contributed by atoms with Crippen LogP contribution in [0.2, 0.25) is 0 Å². The van der Waals surface area contributed by atoms with E-state index < -0.39 is 11.6 Å². The zero-order valence-electron chi connectivity index (χ0n) is 10.4. The van der Waals surface area contributed by atoms with Gasteiger partial charge in [-0.05, 0) is 52.7 Å². The quantitative estimate of drug-likeness (QED) is 0.837. The molecule has 1 nitrogen and oxygen atoms in total. The highest BCUT2D eigenvalue weighted by Crippen LogP contribution is 2.34. The fourth-order valence-corrected chi connectivity index (χ4v) is 3.32. The van der Waals surface area contributed by atoms with Crippen LogP contribution in [0, 0.1) is 23.5 Å². The summed E-state index contributed by atoms with van der Waals surface area (Å²) in [6.07, 6.45) is 3.68. The molecule has 1 aromatic rings. The van der Waals surface area contributed by atoms with Crippen molar-refractivity contribution < 1.29 is 8.78 Å². The number of rotatable bonds is 3. The molecule has 18 heavy (non-hydrogen) atoms. The standard InChI is InChI=1S/C14H18BrF2N/c1-8-3-2-4-9(8)13(18)7-10-12(16)6-5-11(15)14(10)17/h5-6,8-9,13H,2-4,7,18H2,1H3. The molecule has 0 saturated heterocycles. The first-order valence-electron chi connectivity index (χ1n) is 6.38. The molecule has 4 heteroatoms. The van der Waals surface area contributed by atoms with Crippen molar-refractivity contribution in [3.8, 4) is 0 Å². The molecule has 1 saturated carbocycles. The van der Waals surface area contributed by atoms with Gasteiger partial charge in [0.15, 0.2) is 0 Å². The van der Waals surface area contributed by atoms with Gasteiger partial charge in [-0.1, -0.05) is 19.8 Å². The van der Waals surface area contributed by atoms with Gasteiger partial charge in [-0.2, -0.15) is 0 Å². The summed E-state index contributed by atoms with van der Waals surface area (Å²) < 4.78 is 27.8. The maximum absolute atomic E-state index is 13.9. The molecule has 0 heterocycles. The molecule has 2 rings (SSSR count). The Morgan fingerprint density at radius 2 is 2.11 bits per heavy atom. The van der Waals surface area contributed by atoms with Crippen LogP contribution in [-0.2, 0) is 6.42 Å². The number of benzene rings is 1. The normalized spacial score (nSPS) is 25.4. The highest BCUT2D eigenvalue weighted by atomic mass is 79.9. The smallest absolute Gasteiger partial charge is 0.143 e. The first kappa shape index (κ1) is 13.9. The molecule has 100 valence electrons. The summed E-state index contributed by atoms with van der Waals surface area (Å²) in [5.41, 5.74) is 6.25. The summed E-state index contributed by atoms with van der Waals surface area (Å²) >= 11 is 3.08. The van der Waals surface area contributed by atoms with Gasteiger partial charge >= 0.3 is 0 Å². The number of halogens is 3. The minimum absolute atomic E-state index is 0.107. The number of hydrogen-bond donors (Lipinski definition) is 1. The second kappa shape index (κ2) is 5.66. The van der Waals surface area contributed by atoms with Crippen LogP contribution in [0.15, 0.2) is 16.6 Å². The van der Waals surface area contributed by atoms with E-state index in [1.807, 2.05) is 0 Å². The highest BCUT2D eigenvalue weighted by molar-refractivity contribution is 9.10. The monoisotopic (exact) mass is 317 g/mol. The predicted molar refractivity (Wildman–Crippen MR) is 72.2 cm³/mol. The van der Waals surface area contributed by atoms with Crippen LogP contribution in [-0.4, -0.2) is 6.04 Å². The maximum atomic E-state index is 13.9. The minimum atomic E-state index is -0.517. The molecule has 0 aliphatic heterocycles. The lowest BCUT2D eigenvalue weighted by Gasteiger charge is -2.23. The topological polar surface area (TPSA) is 26.0 Å². The zero-order chi connectivity index (χ0) is 13.3.